The first-order valence-electron chi connectivity index (χ1n) is 6.58. The number of anilines is 2. The summed E-state index contributed by atoms with van der Waals surface area (Å²) in [5.74, 6) is -0.374. The van der Waals surface area contributed by atoms with Crippen molar-refractivity contribution in [3.05, 3.63) is 23.8 Å². The molecule has 0 aliphatic heterocycles. The summed E-state index contributed by atoms with van der Waals surface area (Å²) in [6, 6.07) is 5.04. The normalized spacial score (nSPS) is 13.6. The monoisotopic (exact) mass is 298 g/mol. The molecule has 2 atom stereocenters. The van der Waals surface area contributed by atoms with Crippen molar-refractivity contribution in [2.45, 2.75) is 25.5 Å². The van der Waals surface area contributed by atoms with Gasteiger partial charge in [-0.15, -0.1) is 0 Å². The Balaban J connectivity index is 2.60. The maximum atomic E-state index is 11.6. The van der Waals surface area contributed by atoms with Crippen LogP contribution in [0, 0.1) is 0 Å². The molecule has 2 unspecified atom stereocenters. The SMILES string of the molecule is CCOC(=O)c1ccc(NCCC(C)S(C)=O)c(N)c1. The van der Waals surface area contributed by atoms with Gasteiger partial charge in [-0.05, 0) is 31.5 Å². The highest BCUT2D eigenvalue weighted by Crippen LogP contribution is 2.20. The molecule has 3 N–H and O–H groups in total. The van der Waals surface area contributed by atoms with Gasteiger partial charge in [-0.2, -0.15) is 0 Å². The van der Waals surface area contributed by atoms with Crippen molar-refractivity contribution >= 4 is 28.1 Å². The van der Waals surface area contributed by atoms with Crippen LogP contribution in [-0.4, -0.2) is 34.8 Å². The minimum atomic E-state index is -0.818. The maximum absolute atomic E-state index is 11.6. The largest absolute Gasteiger partial charge is 0.462 e. The van der Waals surface area contributed by atoms with Crippen molar-refractivity contribution in [3.8, 4) is 0 Å². The van der Waals surface area contributed by atoms with Gasteiger partial charge in [0.05, 0.1) is 23.5 Å². The first-order chi connectivity index (χ1) is 9.45. The third-order valence-corrected chi connectivity index (χ3v) is 4.36. The molecule has 5 nitrogen and oxygen atoms in total. The van der Waals surface area contributed by atoms with E-state index in [9.17, 15) is 9.00 Å². The number of carbonyl (C=O) groups is 1. The fourth-order valence-corrected chi connectivity index (χ4v) is 2.09. The number of esters is 1. The molecule has 0 saturated heterocycles. The molecule has 1 aromatic carbocycles. The number of rotatable bonds is 7. The minimum absolute atomic E-state index is 0.141. The molecule has 0 heterocycles. The van der Waals surface area contributed by atoms with Gasteiger partial charge in [0.2, 0.25) is 0 Å². The summed E-state index contributed by atoms with van der Waals surface area (Å²) in [5, 5.41) is 3.33. The zero-order valence-corrected chi connectivity index (χ0v) is 13.0. The van der Waals surface area contributed by atoms with Crippen LogP contribution in [0.5, 0.6) is 0 Å². The maximum Gasteiger partial charge on any atom is 0.338 e. The molecule has 0 amide bonds. The van der Waals surface area contributed by atoms with Crippen molar-refractivity contribution in [2.24, 2.45) is 0 Å². The average Bonchev–Trinajstić information content (AvgIpc) is 2.40. The summed E-state index contributed by atoms with van der Waals surface area (Å²) in [7, 11) is -0.818. The van der Waals surface area contributed by atoms with Gasteiger partial charge in [-0.3, -0.25) is 4.21 Å². The van der Waals surface area contributed by atoms with E-state index in [4.69, 9.17) is 10.5 Å². The molecule has 20 heavy (non-hydrogen) atoms. The molecule has 0 saturated carbocycles. The van der Waals surface area contributed by atoms with Gasteiger partial charge in [0, 0.05) is 28.9 Å². The minimum Gasteiger partial charge on any atom is -0.462 e. The van der Waals surface area contributed by atoms with Crippen LogP contribution in [0.4, 0.5) is 11.4 Å². The van der Waals surface area contributed by atoms with Gasteiger partial charge in [-0.25, -0.2) is 4.79 Å². The van der Waals surface area contributed by atoms with Crippen LogP contribution >= 0.6 is 0 Å². The standard InChI is InChI=1S/C14H22N2O3S/c1-4-19-14(17)11-5-6-13(12(15)9-11)16-8-7-10(2)20(3)18/h5-6,9-10,16H,4,7-8,15H2,1-3H3. The van der Waals surface area contributed by atoms with Crippen LogP contribution in [0.25, 0.3) is 0 Å². The Morgan fingerprint density at radius 3 is 2.75 bits per heavy atom. The van der Waals surface area contributed by atoms with Gasteiger partial charge < -0.3 is 15.8 Å². The zero-order valence-electron chi connectivity index (χ0n) is 12.1. The van der Waals surface area contributed by atoms with Crippen LogP contribution < -0.4 is 11.1 Å². The molecule has 0 aliphatic rings. The van der Waals surface area contributed by atoms with Crippen molar-refractivity contribution < 1.29 is 13.7 Å². The Bertz CT molecular complexity index is 491. The van der Waals surface area contributed by atoms with Gasteiger partial charge >= 0.3 is 5.97 Å². The lowest BCUT2D eigenvalue weighted by atomic mass is 10.1. The number of nitrogens with two attached hydrogens (primary N) is 1. The van der Waals surface area contributed by atoms with Crippen LogP contribution in [0.1, 0.15) is 30.6 Å². The van der Waals surface area contributed by atoms with Gasteiger partial charge in [0.25, 0.3) is 0 Å². The molecule has 0 bridgehead atoms. The molecule has 0 aromatic heterocycles. The molecule has 1 aromatic rings. The van der Waals surface area contributed by atoms with Crippen LogP contribution in [-0.2, 0) is 15.5 Å². The van der Waals surface area contributed by atoms with E-state index < -0.39 is 10.8 Å². The van der Waals surface area contributed by atoms with Gasteiger partial charge in [0.15, 0.2) is 0 Å². The Kier molecular flexibility index (Phi) is 6.51. The molecule has 112 valence electrons. The van der Waals surface area contributed by atoms with Crippen molar-refractivity contribution in [1.82, 2.24) is 0 Å². The molecule has 6 heteroatoms. The van der Waals surface area contributed by atoms with Crippen LogP contribution in [0.15, 0.2) is 18.2 Å². The number of hydrogen-bond donors (Lipinski definition) is 2. The zero-order chi connectivity index (χ0) is 15.1. The fourth-order valence-electron chi connectivity index (χ4n) is 1.64. The molecular weight excluding hydrogens is 276 g/mol. The van der Waals surface area contributed by atoms with Gasteiger partial charge in [0.1, 0.15) is 0 Å². The average molecular weight is 298 g/mol. The van der Waals surface area contributed by atoms with Crippen molar-refractivity contribution in [2.75, 3.05) is 30.5 Å². The third-order valence-electron chi connectivity index (χ3n) is 3.00. The first-order valence-corrected chi connectivity index (χ1v) is 8.20. The topological polar surface area (TPSA) is 81.4 Å². The number of nitrogens with one attached hydrogen (secondary N) is 1. The first kappa shape index (κ1) is 16.5. The Hall–Kier alpha value is -1.56. The number of ether oxygens (including phenoxy) is 1. The summed E-state index contributed by atoms with van der Waals surface area (Å²) in [6.07, 6.45) is 2.50. The Morgan fingerprint density at radius 2 is 2.20 bits per heavy atom. The second-order valence-electron chi connectivity index (χ2n) is 4.55. The predicted molar refractivity (Wildman–Crippen MR) is 83.4 cm³/mol. The van der Waals surface area contributed by atoms with Crippen molar-refractivity contribution in [1.29, 1.82) is 0 Å². The van der Waals surface area contributed by atoms with Gasteiger partial charge in [-0.1, -0.05) is 6.92 Å². The highest BCUT2D eigenvalue weighted by molar-refractivity contribution is 7.84. The summed E-state index contributed by atoms with van der Waals surface area (Å²) < 4.78 is 16.2. The Morgan fingerprint density at radius 1 is 1.50 bits per heavy atom. The molecule has 0 fully saturated rings. The van der Waals surface area contributed by atoms with Crippen LogP contribution in [0.3, 0.4) is 0 Å². The van der Waals surface area contributed by atoms with E-state index in [1.165, 1.54) is 0 Å². The fraction of sp³-hybridized carbons (Fsp3) is 0.500. The quantitative estimate of drug-likeness (QED) is 0.594. The van der Waals surface area contributed by atoms with Crippen molar-refractivity contribution in [3.63, 3.8) is 0 Å². The lowest BCUT2D eigenvalue weighted by Gasteiger charge is -2.12. The van der Waals surface area contributed by atoms with E-state index in [2.05, 4.69) is 5.32 Å². The summed E-state index contributed by atoms with van der Waals surface area (Å²) in [5.41, 5.74) is 7.62. The lowest BCUT2D eigenvalue weighted by Crippen LogP contribution is -2.15. The Labute approximate surface area is 122 Å². The summed E-state index contributed by atoms with van der Waals surface area (Å²) in [6.45, 7) is 4.73. The van der Waals surface area contributed by atoms with E-state index in [0.29, 0.717) is 24.4 Å². The second kappa shape index (κ2) is 7.89. The number of benzene rings is 1. The molecular formula is C14H22N2O3S. The van der Waals surface area contributed by atoms with E-state index in [-0.39, 0.29) is 11.2 Å². The second-order valence-corrected chi connectivity index (χ2v) is 6.35. The molecule has 0 aliphatic carbocycles. The molecule has 0 spiro atoms. The molecule has 1 rings (SSSR count). The number of carbonyl (C=O) groups excluding carboxylic acids is 1. The highest BCUT2D eigenvalue weighted by Gasteiger charge is 2.09. The lowest BCUT2D eigenvalue weighted by molar-refractivity contribution is 0.0526. The number of hydrogen-bond acceptors (Lipinski definition) is 5. The number of nitrogen functional groups attached to an aromatic ring is 1. The predicted octanol–water partition coefficient (Wildman–Crippen LogP) is 2.01. The highest BCUT2D eigenvalue weighted by atomic mass is 32.2. The third kappa shape index (κ3) is 4.85. The summed E-state index contributed by atoms with van der Waals surface area (Å²) >= 11 is 0. The van der Waals surface area contributed by atoms with Crippen LogP contribution in [0.2, 0.25) is 0 Å². The van der Waals surface area contributed by atoms with E-state index in [1.807, 2.05) is 6.92 Å². The van der Waals surface area contributed by atoms with E-state index in [1.54, 1.807) is 31.4 Å². The molecule has 0 radical (unpaired) electrons. The smallest absolute Gasteiger partial charge is 0.338 e. The van der Waals surface area contributed by atoms with E-state index in [0.717, 1.165) is 12.1 Å². The van der Waals surface area contributed by atoms with E-state index >= 15 is 0 Å². The summed E-state index contributed by atoms with van der Waals surface area (Å²) in [4.78, 5) is 11.6.